The SMILES string of the molecule is CCCC(CC)Nc1nc(C(=O)O)ccc1[N+](=O)[O-]. The van der Waals surface area contributed by atoms with Gasteiger partial charge in [-0.1, -0.05) is 20.3 Å². The Morgan fingerprint density at radius 1 is 1.53 bits per heavy atom. The molecular formula is C12H17N3O4. The third kappa shape index (κ3) is 3.90. The van der Waals surface area contributed by atoms with E-state index < -0.39 is 10.9 Å². The van der Waals surface area contributed by atoms with Gasteiger partial charge in [0.15, 0.2) is 5.69 Å². The van der Waals surface area contributed by atoms with Gasteiger partial charge in [-0.3, -0.25) is 10.1 Å². The van der Waals surface area contributed by atoms with Crippen LogP contribution < -0.4 is 5.32 Å². The molecule has 1 rings (SSSR count). The number of nitro groups is 1. The molecule has 0 radical (unpaired) electrons. The van der Waals surface area contributed by atoms with Crippen LogP contribution >= 0.6 is 0 Å². The summed E-state index contributed by atoms with van der Waals surface area (Å²) in [4.78, 5) is 25.0. The Balaban J connectivity index is 3.09. The minimum absolute atomic E-state index is 0.0187. The molecule has 0 spiro atoms. The third-order valence-electron chi connectivity index (χ3n) is 2.76. The number of carbonyl (C=O) groups is 1. The Hall–Kier alpha value is -2.18. The third-order valence-corrected chi connectivity index (χ3v) is 2.76. The highest BCUT2D eigenvalue weighted by atomic mass is 16.6. The summed E-state index contributed by atoms with van der Waals surface area (Å²) < 4.78 is 0. The summed E-state index contributed by atoms with van der Waals surface area (Å²) in [5.74, 6) is -1.19. The van der Waals surface area contributed by atoms with Gasteiger partial charge in [-0.25, -0.2) is 9.78 Å². The van der Waals surface area contributed by atoms with Crippen LogP contribution in [0.4, 0.5) is 11.5 Å². The second-order valence-electron chi connectivity index (χ2n) is 4.16. The molecule has 1 heterocycles. The Morgan fingerprint density at radius 3 is 2.68 bits per heavy atom. The molecular weight excluding hydrogens is 250 g/mol. The van der Waals surface area contributed by atoms with Crippen molar-refractivity contribution in [3.05, 3.63) is 27.9 Å². The zero-order valence-corrected chi connectivity index (χ0v) is 10.9. The van der Waals surface area contributed by atoms with Gasteiger partial charge in [0, 0.05) is 12.1 Å². The first-order valence-corrected chi connectivity index (χ1v) is 6.14. The predicted octanol–water partition coefficient (Wildman–Crippen LogP) is 2.68. The topological polar surface area (TPSA) is 105 Å². The highest BCUT2D eigenvalue weighted by Gasteiger charge is 2.20. The van der Waals surface area contributed by atoms with Gasteiger partial charge in [0.05, 0.1) is 4.92 Å². The Bertz CT molecular complexity index is 476. The lowest BCUT2D eigenvalue weighted by Gasteiger charge is -2.16. The summed E-state index contributed by atoms with van der Waals surface area (Å²) in [6.07, 6.45) is 2.55. The first-order chi connectivity index (χ1) is 8.99. The number of aromatic nitrogens is 1. The number of anilines is 1. The summed E-state index contributed by atoms with van der Waals surface area (Å²) in [5, 5.41) is 22.7. The monoisotopic (exact) mass is 267 g/mol. The molecule has 0 amide bonds. The molecule has 0 aliphatic heterocycles. The summed E-state index contributed by atoms with van der Waals surface area (Å²) in [6, 6.07) is 2.34. The van der Waals surface area contributed by atoms with Gasteiger partial charge < -0.3 is 10.4 Å². The summed E-state index contributed by atoms with van der Waals surface area (Å²) in [6.45, 7) is 3.97. The molecule has 0 fully saturated rings. The Kier molecular flexibility index (Phi) is 5.23. The van der Waals surface area contributed by atoms with E-state index in [-0.39, 0.29) is 23.2 Å². The van der Waals surface area contributed by atoms with Crippen molar-refractivity contribution in [3.8, 4) is 0 Å². The lowest BCUT2D eigenvalue weighted by atomic mass is 10.1. The van der Waals surface area contributed by atoms with E-state index in [9.17, 15) is 14.9 Å². The molecule has 1 unspecified atom stereocenters. The number of nitrogens with one attached hydrogen (secondary N) is 1. The summed E-state index contributed by atoms with van der Waals surface area (Å²) in [7, 11) is 0. The molecule has 1 atom stereocenters. The molecule has 0 aliphatic carbocycles. The van der Waals surface area contributed by atoms with E-state index in [0.29, 0.717) is 0 Å². The van der Waals surface area contributed by atoms with Crippen molar-refractivity contribution in [1.82, 2.24) is 4.98 Å². The Labute approximate surface area is 110 Å². The maximum Gasteiger partial charge on any atom is 0.354 e. The fourth-order valence-electron chi connectivity index (χ4n) is 1.74. The fraction of sp³-hybridized carbons (Fsp3) is 0.500. The number of carboxylic acid groups (broad SMARTS) is 1. The van der Waals surface area contributed by atoms with Gasteiger partial charge in [-0.2, -0.15) is 0 Å². The smallest absolute Gasteiger partial charge is 0.354 e. The highest BCUT2D eigenvalue weighted by molar-refractivity contribution is 5.86. The van der Waals surface area contributed by atoms with Gasteiger partial charge in [-0.05, 0) is 18.9 Å². The van der Waals surface area contributed by atoms with Crippen LogP contribution in [0.5, 0.6) is 0 Å². The summed E-state index contributed by atoms with van der Waals surface area (Å²) >= 11 is 0. The van der Waals surface area contributed by atoms with Gasteiger partial charge in [0.25, 0.3) is 0 Å². The largest absolute Gasteiger partial charge is 0.477 e. The standard InChI is InChI=1S/C12H17N3O4/c1-3-5-8(4-2)13-11-10(15(18)19)7-6-9(14-11)12(16)17/h6-8H,3-5H2,1-2H3,(H,13,14)(H,16,17). The Morgan fingerprint density at radius 2 is 2.21 bits per heavy atom. The van der Waals surface area contributed by atoms with Gasteiger partial charge in [0.2, 0.25) is 5.82 Å². The van der Waals surface area contributed by atoms with E-state index in [1.165, 1.54) is 0 Å². The predicted molar refractivity (Wildman–Crippen MR) is 70.5 cm³/mol. The maximum absolute atomic E-state index is 10.9. The van der Waals surface area contributed by atoms with Crippen LogP contribution in [-0.2, 0) is 0 Å². The molecule has 7 heteroatoms. The van der Waals surface area contributed by atoms with E-state index in [1.807, 2.05) is 13.8 Å². The lowest BCUT2D eigenvalue weighted by molar-refractivity contribution is -0.384. The second-order valence-corrected chi connectivity index (χ2v) is 4.16. The van der Waals surface area contributed by atoms with Crippen LogP contribution in [0.15, 0.2) is 12.1 Å². The highest BCUT2D eigenvalue weighted by Crippen LogP contribution is 2.24. The molecule has 104 valence electrons. The van der Waals surface area contributed by atoms with Crippen molar-refractivity contribution < 1.29 is 14.8 Å². The van der Waals surface area contributed by atoms with Crippen molar-refractivity contribution in [2.24, 2.45) is 0 Å². The number of hydrogen-bond acceptors (Lipinski definition) is 5. The molecule has 0 saturated heterocycles. The average molecular weight is 267 g/mol. The molecule has 1 aromatic rings. The van der Waals surface area contributed by atoms with E-state index in [4.69, 9.17) is 5.11 Å². The number of aromatic carboxylic acids is 1. The number of hydrogen-bond donors (Lipinski definition) is 2. The van der Waals surface area contributed by atoms with E-state index in [0.717, 1.165) is 31.4 Å². The van der Waals surface area contributed by atoms with Gasteiger partial charge >= 0.3 is 11.7 Å². The van der Waals surface area contributed by atoms with Crippen molar-refractivity contribution in [1.29, 1.82) is 0 Å². The van der Waals surface area contributed by atoms with E-state index >= 15 is 0 Å². The molecule has 0 bridgehead atoms. The first kappa shape index (κ1) is 14.9. The molecule has 2 N–H and O–H groups in total. The lowest BCUT2D eigenvalue weighted by Crippen LogP contribution is -2.20. The van der Waals surface area contributed by atoms with Crippen LogP contribution in [0.1, 0.15) is 43.6 Å². The van der Waals surface area contributed by atoms with Crippen molar-refractivity contribution in [3.63, 3.8) is 0 Å². The molecule has 19 heavy (non-hydrogen) atoms. The van der Waals surface area contributed by atoms with Crippen LogP contribution in [-0.4, -0.2) is 27.0 Å². The van der Waals surface area contributed by atoms with E-state index in [2.05, 4.69) is 10.3 Å². The van der Waals surface area contributed by atoms with Gasteiger partial charge in [-0.15, -0.1) is 0 Å². The first-order valence-electron chi connectivity index (χ1n) is 6.14. The normalized spacial score (nSPS) is 11.9. The average Bonchev–Trinajstić information content (AvgIpc) is 2.37. The number of rotatable bonds is 7. The molecule has 0 saturated carbocycles. The van der Waals surface area contributed by atoms with Crippen LogP contribution in [0.2, 0.25) is 0 Å². The van der Waals surface area contributed by atoms with Gasteiger partial charge in [0.1, 0.15) is 0 Å². The fourth-order valence-corrected chi connectivity index (χ4v) is 1.74. The molecule has 0 aromatic carbocycles. The molecule has 7 nitrogen and oxygen atoms in total. The van der Waals surface area contributed by atoms with Crippen molar-refractivity contribution >= 4 is 17.5 Å². The maximum atomic E-state index is 10.9. The molecule has 1 aromatic heterocycles. The number of pyridine rings is 1. The minimum Gasteiger partial charge on any atom is -0.477 e. The van der Waals surface area contributed by atoms with Crippen LogP contribution in [0, 0.1) is 10.1 Å². The number of nitrogens with zero attached hydrogens (tertiary/aromatic N) is 2. The van der Waals surface area contributed by atoms with Crippen LogP contribution in [0.25, 0.3) is 0 Å². The van der Waals surface area contributed by atoms with Crippen LogP contribution in [0.3, 0.4) is 0 Å². The van der Waals surface area contributed by atoms with Crippen molar-refractivity contribution in [2.45, 2.75) is 39.2 Å². The number of carboxylic acids is 1. The second kappa shape index (κ2) is 6.67. The quantitative estimate of drug-likeness (QED) is 0.581. The zero-order chi connectivity index (χ0) is 14.4. The van der Waals surface area contributed by atoms with E-state index in [1.54, 1.807) is 0 Å². The molecule has 0 aliphatic rings. The minimum atomic E-state index is -1.21. The van der Waals surface area contributed by atoms with Crippen molar-refractivity contribution in [2.75, 3.05) is 5.32 Å². The zero-order valence-electron chi connectivity index (χ0n) is 10.9. The summed E-state index contributed by atoms with van der Waals surface area (Å²) in [5.41, 5.74) is -0.418.